The number of halogens is 2. The highest BCUT2D eigenvalue weighted by atomic mass is 35.5. The Bertz CT molecular complexity index is 616. The zero-order chi connectivity index (χ0) is 13.8. The minimum Gasteiger partial charge on any atom is -0.389 e. The summed E-state index contributed by atoms with van der Waals surface area (Å²) in [6.45, 7) is 0.0188. The Morgan fingerprint density at radius 2 is 2.26 bits per heavy atom. The van der Waals surface area contributed by atoms with Crippen molar-refractivity contribution in [2.45, 2.75) is 6.61 Å². The molecule has 0 aliphatic heterocycles. The molecule has 1 heterocycles. The van der Waals surface area contributed by atoms with Crippen molar-refractivity contribution >= 4 is 23.3 Å². The Balaban J connectivity index is 2.01. The van der Waals surface area contributed by atoms with Crippen molar-refractivity contribution in [3.05, 3.63) is 40.3 Å². The summed E-state index contributed by atoms with van der Waals surface area (Å²) in [5, 5.41) is 10.6. The Kier molecular flexibility index (Phi) is 3.81. The third-order valence-corrected chi connectivity index (χ3v) is 2.51. The number of nitrogen functional groups attached to an aromatic ring is 1. The second-order valence-corrected chi connectivity index (χ2v) is 3.89. The van der Waals surface area contributed by atoms with Crippen LogP contribution in [0.4, 0.5) is 10.2 Å². The predicted molar refractivity (Wildman–Crippen MR) is 65.6 cm³/mol. The zero-order valence-electron chi connectivity index (χ0n) is 9.51. The number of anilines is 1. The molecule has 0 radical (unpaired) electrons. The molecule has 7 nitrogen and oxygen atoms in total. The number of benzene rings is 1. The van der Waals surface area contributed by atoms with Gasteiger partial charge in [-0.3, -0.25) is 0 Å². The van der Waals surface area contributed by atoms with Gasteiger partial charge in [0.2, 0.25) is 0 Å². The second kappa shape index (κ2) is 5.53. The first-order valence-corrected chi connectivity index (χ1v) is 5.43. The number of aromatic nitrogens is 2. The molecule has 0 unspecified atom stereocenters. The van der Waals surface area contributed by atoms with Gasteiger partial charge in [0.15, 0.2) is 17.3 Å². The van der Waals surface area contributed by atoms with Gasteiger partial charge in [-0.05, 0) is 22.4 Å². The molecule has 2 aromatic rings. The number of amidine groups is 1. The van der Waals surface area contributed by atoms with Gasteiger partial charge < -0.3 is 16.3 Å². The van der Waals surface area contributed by atoms with E-state index in [0.29, 0.717) is 5.56 Å². The maximum Gasteiger partial charge on any atom is 0.199 e. The highest BCUT2D eigenvalue weighted by Crippen LogP contribution is 2.18. The van der Waals surface area contributed by atoms with Crippen molar-refractivity contribution in [1.29, 1.82) is 0 Å². The third kappa shape index (κ3) is 3.10. The molecular weight excluding hydrogens is 277 g/mol. The molecular formula is C10H9ClFN5O2. The molecule has 19 heavy (non-hydrogen) atoms. The molecule has 0 bridgehead atoms. The maximum atomic E-state index is 12.8. The van der Waals surface area contributed by atoms with Crippen LogP contribution in [0.3, 0.4) is 0 Å². The van der Waals surface area contributed by atoms with Crippen LogP contribution in [0.25, 0.3) is 0 Å². The average molecular weight is 286 g/mol. The lowest BCUT2D eigenvalue weighted by atomic mass is 10.2. The summed E-state index contributed by atoms with van der Waals surface area (Å²) < 4.78 is 17.2. The van der Waals surface area contributed by atoms with Crippen LogP contribution in [0, 0.1) is 5.82 Å². The van der Waals surface area contributed by atoms with E-state index in [1.165, 1.54) is 18.2 Å². The fourth-order valence-electron chi connectivity index (χ4n) is 1.23. The van der Waals surface area contributed by atoms with Gasteiger partial charge in [0.05, 0.1) is 5.02 Å². The molecule has 0 saturated heterocycles. The SMILES string of the molecule is N/C(=N\OCc1ccc(F)cc1Cl)c1nonc1N. The molecule has 0 spiro atoms. The number of nitrogens with two attached hydrogens (primary N) is 2. The van der Waals surface area contributed by atoms with Crippen molar-refractivity contribution in [3.8, 4) is 0 Å². The molecule has 1 aromatic heterocycles. The van der Waals surface area contributed by atoms with E-state index in [9.17, 15) is 4.39 Å². The van der Waals surface area contributed by atoms with Crippen LogP contribution in [0.2, 0.25) is 5.02 Å². The molecule has 2 rings (SSSR count). The van der Waals surface area contributed by atoms with Gasteiger partial charge in [-0.1, -0.05) is 22.8 Å². The van der Waals surface area contributed by atoms with Gasteiger partial charge >= 0.3 is 0 Å². The van der Waals surface area contributed by atoms with E-state index in [1.807, 2.05) is 0 Å². The fourth-order valence-corrected chi connectivity index (χ4v) is 1.45. The smallest absolute Gasteiger partial charge is 0.199 e. The third-order valence-electron chi connectivity index (χ3n) is 2.15. The van der Waals surface area contributed by atoms with Crippen molar-refractivity contribution in [2.75, 3.05) is 5.73 Å². The number of rotatable bonds is 4. The molecule has 0 aliphatic carbocycles. The first kappa shape index (κ1) is 13.1. The molecule has 9 heteroatoms. The van der Waals surface area contributed by atoms with Crippen molar-refractivity contribution < 1.29 is 13.9 Å². The van der Waals surface area contributed by atoms with Crippen LogP contribution in [0.5, 0.6) is 0 Å². The van der Waals surface area contributed by atoms with Crippen LogP contribution in [-0.4, -0.2) is 16.1 Å². The van der Waals surface area contributed by atoms with E-state index in [2.05, 4.69) is 20.1 Å². The topological polar surface area (TPSA) is 113 Å². The van der Waals surface area contributed by atoms with Gasteiger partial charge in [0, 0.05) is 5.56 Å². The highest BCUT2D eigenvalue weighted by molar-refractivity contribution is 6.31. The minimum atomic E-state index is -0.432. The summed E-state index contributed by atoms with van der Waals surface area (Å²) in [5.74, 6) is -0.514. The molecule has 1 aromatic carbocycles. The normalized spacial score (nSPS) is 11.6. The Morgan fingerprint density at radius 3 is 2.89 bits per heavy atom. The molecule has 0 amide bonds. The molecule has 0 aliphatic rings. The minimum absolute atomic E-state index is 0.00432. The lowest BCUT2D eigenvalue weighted by Crippen LogP contribution is -2.16. The van der Waals surface area contributed by atoms with Gasteiger partial charge in [-0.15, -0.1) is 0 Å². The lowest BCUT2D eigenvalue weighted by molar-refractivity contribution is 0.130. The quantitative estimate of drug-likeness (QED) is 0.497. The van der Waals surface area contributed by atoms with Crippen LogP contribution in [0.15, 0.2) is 28.0 Å². The van der Waals surface area contributed by atoms with Crippen molar-refractivity contribution in [2.24, 2.45) is 10.9 Å². The van der Waals surface area contributed by atoms with Crippen LogP contribution in [-0.2, 0) is 11.4 Å². The number of hydrogen-bond donors (Lipinski definition) is 2. The van der Waals surface area contributed by atoms with Gasteiger partial charge in [0.25, 0.3) is 0 Å². The summed E-state index contributed by atoms with van der Waals surface area (Å²) in [6, 6.07) is 3.92. The average Bonchev–Trinajstić information content (AvgIpc) is 2.78. The van der Waals surface area contributed by atoms with Crippen LogP contribution >= 0.6 is 11.6 Å². The Morgan fingerprint density at radius 1 is 1.47 bits per heavy atom. The summed E-state index contributed by atoms with van der Waals surface area (Å²) in [7, 11) is 0. The van der Waals surface area contributed by atoms with Crippen molar-refractivity contribution in [3.63, 3.8) is 0 Å². The van der Waals surface area contributed by atoms with Gasteiger partial charge in [0.1, 0.15) is 12.4 Å². The van der Waals surface area contributed by atoms with Crippen LogP contribution in [0.1, 0.15) is 11.3 Å². The van der Waals surface area contributed by atoms with Gasteiger partial charge in [-0.2, -0.15) is 0 Å². The summed E-state index contributed by atoms with van der Waals surface area (Å²) in [6.07, 6.45) is 0. The first-order chi connectivity index (χ1) is 9.08. The second-order valence-electron chi connectivity index (χ2n) is 3.48. The zero-order valence-corrected chi connectivity index (χ0v) is 10.3. The standard InChI is InChI=1S/C10H9ClFN5O2/c11-7-3-6(12)2-1-5(7)4-18-16-9(13)8-10(14)17-19-15-8/h1-3H,4H2,(H2,13,16)(H2,14,17). The maximum absolute atomic E-state index is 12.8. The first-order valence-electron chi connectivity index (χ1n) is 5.05. The van der Waals surface area contributed by atoms with E-state index in [-0.39, 0.29) is 29.0 Å². The molecule has 0 atom stereocenters. The summed E-state index contributed by atoms with van der Waals surface area (Å²) >= 11 is 5.81. The highest BCUT2D eigenvalue weighted by Gasteiger charge is 2.11. The molecule has 0 saturated carbocycles. The Labute approximate surface area is 111 Å². The fraction of sp³-hybridized carbons (Fsp3) is 0.100. The molecule has 100 valence electrons. The molecule has 4 N–H and O–H groups in total. The Hall–Kier alpha value is -2.35. The number of hydrogen-bond acceptors (Lipinski definition) is 6. The van der Waals surface area contributed by atoms with E-state index in [1.54, 1.807) is 0 Å². The molecule has 0 fully saturated rings. The predicted octanol–water partition coefficient (Wildman–Crippen LogP) is 1.28. The summed E-state index contributed by atoms with van der Waals surface area (Å²) in [4.78, 5) is 4.97. The van der Waals surface area contributed by atoms with Crippen molar-refractivity contribution in [1.82, 2.24) is 10.3 Å². The lowest BCUT2D eigenvalue weighted by Gasteiger charge is -2.03. The summed E-state index contributed by atoms with van der Waals surface area (Å²) in [5.41, 5.74) is 11.6. The van der Waals surface area contributed by atoms with Crippen LogP contribution < -0.4 is 11.5 Å². The number of oxime groups is 1. The van der Waals surface area contributed by atoms with E-state index in [0.717, 1.165) is 0 Å². The van der Waals surface area contributed by atoms with E-state index in [4.69, 9.17) is 27.9 Å². The number of nitrogens with zero attached hydrogens (tertiary/aromatic N) is 3. The van der Waals surface area contributed by atoms with Gasteiger partial charge in [-0.25, -0.2) is 9.02 Å². The largest absolute Gasteiger partial charge is 0.389 e. The monoisotopic (exact) mass is 285 g/mol. The van der Waals surface area contributed by atoms with E-state index < -0.39 is 5.82 Å². The van der Waals surface area contributed by atoms with E-state index >= 15 is 0 Å².